The van der Waals surface area contributed by atoms with Gasteiger partial charge in [0, 0.05) is 26.7 Å². The Kier molecular flexibility index (Phi) is 11.8. The summed E-state index contributed by atoms with van der Waals surface area (Å²) in [4.78, 5) is 6.99. The van der Waals surface area contributed by atoms with Crippen molar-refractivity contribution in [2.24, 2.45) is 4.99 Å². The molecule has 1 aliphatic heterocycles. The Balaban J connectivity index is 0.00000363. The molecule has 2 aromatic rings. The fourth-order valence-corrected chi connectivity index (χ4v) is 4.04. The lowest BCUT2D eigenvalue weighted by Crippen LogP contribution is -2.42. The maximum atomic E-state index is 5.61. The highest BCUT2D eigenvalue weighted by Gasteiger charge is 2.24. The summed E-state index contributed by atoms with van der Waals surface area (Å²) in [5.74, 6) is 1.70. The lowest BCUT2D eigenvalue weighted by atomic mass is 10.1. The first-order chi connectivity index (χ1) is 15.2. The van der Waals surface area contributed by atoms with Crippen molar-refractivity contribution in [2.75, 3.05) is 40.4 Å². The average Bonchev–Trinajstić information content (AvgIpc) is 3.35. The van der Waals surface area contributed by atoms with E-state index in [0.717, 1.165) is 31.3 Å². The van der Waals surface area contributed by atoms with Crippen molar-refractivity contribution in [1.82, 2.24) is 15.5 Å². The second-order valence-corrected chi connectivity index (χ2v) is 7.75. The largest absolute Gasteiger partial charge is 0.497 e. The molecular formula is C25H37IN4O2. The second kappa shape index (κ2) is 14.3. The minimum atomic E-state index is 0. The quantitative estimate of drug-likeness (QED) is 0.261. The molecule has 0 aromatic heterocycles. The number of likely N-dealkylation sites (tertiary alicyclic amines) is 1. The van der Waals surface area contributed by atoms with E-state index in [9.17, 15) is 0 Å². The van der Waals surface area contributed by atoms with E-state index >= 15 is 0 Å². The summed E-state index contributed by atoms with van der Waals surface area (Å²) in [6.45, 7) is 7.11. The number of nitrogens with zero attached hydrogens (tertiary/aromatic N) is 2. The summed E-state index contributed by atoms with van der Waals surface area (Å²) >= 11 is 0. The minimum absolute atomic E-state index is 0. The van der Waals surface area contributed by atoms with Gasteiger partial charge < -0.3 is 20.1 Å². The molecule has 7 heteroatoms. The van der Waals surface area contributed by atoms with E-state index in [0.29, 0.717) is 19.8 Å². The molecule has 0 aliphatic carbocycles. The van der Waals surface area contributed by atoms with E-state index in [1.165, 1.54) is 29.5 Å². The Hall–Kier alpha value is -1.84. The van der Waals surface area contributed by atoms with Gasteiger partial charge in [-0.15, -0.1) is 24.0 Å². The van der Waals surface area contributed by atoms with Gasteiger partial charge in [-0.1, -0.05) is 36.4 Å². The van der Waals surface area contributed by atoms with E-state index < -0.39 is 0 Å². The third kappa shape index (κ3) is 7.64. The number of benzene rings is 2. The SMILES string of the molecule is CCOCc1ccccc1CNC(=NC)NCC(c1cccc(OC)c1)N1CCCC1.I. The van der Waals surface area contributed by atoms with Crippen molar-refractivity contribution in [1.29, 1.82) is 0 Å². The molecule has 1 fully saturated rings. The number of halogens is 1. The van der Waals surface area contributed by atoms with Crippen LogP contribution in [0.15, 0.2) is 53.5 Å². The number of hydrogen-bond donors (Lipinski definition) is 2. The van der Waals surface area contributed by atoms with Crippen LogP contribution < -0.4 is 15.4 Å². The number of ether oxygens (including phenoxy) is 2. The van der Waals surface area contributed by atoms with Crippen molar-refractivity contribution in [3.8, 4) is 5.75 Å². The lowest BCUT2D eigenvalue weighted by molar-refractivity contribution is 0.133. The molecule has 1 saturated heterocycles. The standard InChI is InChI=1S/C25H36N4O2.HI/c1-4-31-19-22-11-6-5-10-21(22)17-27-25(26-2)28-18-24(29-14-7-8-15-29)20-12-9-13-23(16-20)30-3;/h5-6,9-13,16,24H,4,7-8,14-15,17-19H2,1-3H3,(H2,26,27,28);1H. The highest BCUT2D eigenvalue weighted by Crippen LogP contribution is 2.27. The maximum Gasteiger partial charge on any atom is 0.191 e. The highest BCUT2D eigenvalue weighted by molar-refractivity contribution is 14.0. The summed E-state index contributed by atoms with van der Waals surface area (Å²) in [5.41, 5.74) is 3.70. The molecule has 1 unspecified atom stereocenters. The van der Waals surface area contributed by atoms with Gasteiger partial charge in [0.1, 0.15) is 5.75 Å². The van der Waals surface area contributed by atoms with E-state index in [2.05, 4.69) is 63.0 Å². The number of aliphatic imine (C=N–C) groups is 1. The fraction of sp³-hybridized carbons (Fsp3) is 0.480. The van der Waals surface area contributed by atoms with Crippen molar-refractivity contribution >= 4 is 29.9 Å². The van der Waals surface area contributed by atoms with E-state index in [-0.39, 0.29) is 30.0 Å². The second-order valence-electron chi connectivity index (χ2n) is 7.75. The minimum Gasteiger partial charge on any atom is -0.497 e. The zero-order valence-electron chi connectivity index (χ0n) is 19.5. The Morgan fingerprint density at radius 2 is 1.81 bits per heavy atom. The van der Waals surface area contributed by atoms with Gasteiger partial charge >= 0.3 is 0 Å². The molecule has 32 heavy (non-hydrogen) atoms. The first-order valence-corrected chi connectivity index (χ1v) is 11.2. The molecule has 2 N–H and O–H groups in total. The molecule has 1 aliphatic rings. The molecule has 0 radical (unpaired) electrons. The number of rotatable bonds is 10. The molecule has 0 spiro atoms. The summed E-state index contributed by atoms with van der Waals surface area (Å²) in [7, 11) is 3.54. The zero-order valence-corrected chi connectivity index (χ0v) is 21.8. The Bertz CT molecular complexity index is 840. The number of nitrogens with one attached hydrogen (secondary N) is 2. The predicted octanol–water partition coefficient (Wildman–Crippen LogP) is 4.35. The van der Waals surface area contributed by atoms with Gasteiger partial charge in [0.2, 0.25) is 0 Å². The molecule has 1 atom stereocenters. The van der Waals surface area contributed by atoms with Crippen molar-refractivity contribution in [3.05, 3.63) is 65.2 Å². The molecule has 0 bridgehead atoms. The molecule has 1 heterocycles. The smallest absolute Gasteiger partial charge is 0.191 e. The van der Waals surface area contributed by atoms with Gasteiger partial charge in [0.05, 0.1) is 19.8 Å². The van der Waals surface area contributed by atoms with Gasteiger partial charge in [0.25, 0.3) is 0 Å². The Labute approximate surface area is 209 Å². The summed E-state index contributed by atoms with van der Waals surface area (Å²) in [6.07, 6.45) is 2.51. The van der Waals surface area contributed by atoms with Crippen LogP contribution in [-0.2, 0) is 17.9 Å². The van der Waals surface area contributed by atoms with Gasteiger partial charge in [0.15, 0.2) is 5.96 Å². The van der Waals surface area contributed by atoms with Crippen LogP contribution in [0.3, 0.4) is 0 Å². The van der Waals surface area contributed by atoms with Crippen LogP contribution in [0.1, 0.15) is 42.5 Å². The predicted molar refractivity (Wildman–Crippen MR) is 142 cm³/mol. The van der Waals surface area contributed by atoms with Crippen molar-refractivity contribution < 1.29 is 9.47 Å². The Morgan fingerprint density at radius 1 is 1.06 bits per heavy atom. The van der Waals surface area contributed by atoms with Crippen LogP contribution in [0.5, 0.6) is 5.75 Å². The van der Waals surface area contributed by atoms with E-state index in [1.807, 2.05) is 20.0 Å². The zero-order chi connectivity index (χ0) is 21.9. The average molecular weight is 553 g/mol. The van der Waals surface area contributed by atoms with Crippen LogP contribution in [0.4, 0.5) is 0 Å². The van der Waals surface area contributed by atoms with Crippen LogP contribution in [0.2, 0.25) is 0 Å². The highest BCUT2D eigenvalue weighted by atomic mass is 127. The third-order valence-electron chi connectivity index (χ3n) is 5.77. The Morgan fingerprint density at radius 3 is 2.50 bits per heavy atom. The molecule has 3 rings (SSSR count). The van der Waals surface area contributed by atoms with Crippen LogP contribution in [0.25, 0.3) is 0 Å². The lowest BCUT2D eigenvalue weighted by Gasteiger charge is -2.29. The van der Waals surface area contributed by atoms with Crippen LogP contribution >= 0.6 is 24.0 Å². The normalized spacial score (nSPS) is 15.2. The fourth-order valence-electron chi connectivity index (χ4n) is 4.04. The number of guanidine groups is 1. The van der Waals surface area contributed by atoms with E-state index in [4.69, 9.17) is 9.47 Å². The van der Waals surface area contributed by atoms with Gasteiger partial charge in [-0.3, -0.25) is 9.89 Å². The number of hydrogen-bond acceptors (Lipinski definition) is 4. The van der Waals surface area contributed by atoms with Crippen LogP contribution in [-0.4, -0.2) is 51.3 Å². The van der Waals surface area contributed by atoms with Gasteiger partial charge in [-0.05, 0) is 61.7 Å². The van der Waals surface area contributed by atoms with Gasteiger partial charge in [-0.25, -0.2) is 0 Å². The summed E-state index contributed by atoms with van der Waals surface area (Å²) < 4.78 is 11.1. The summed E-state index contributed by atoms with van der Waals surface area (Å²) in [6, 6.07) is 17.1. The molecule has 2 aromatic carbocycles. The van der Waals surface area contributed by atoms with Crippen molar-refractivity contribution in [3.63, 3.8) is 0 Å². The first-order valence-electron chi connectivity index (χ1n) is 11.2. The maximum absolute atomic E-state index is 5.61. The third-order valence-corrected chi connectivity index (χ3v) is 5.77. The topological polar surface area (TPSA) is 58.1 Å². The van der Waals surface area contributed by atoms with Crippen LogP contribution in [0, 0.1) is 0 Å². The molecule has 0 saturated carbocycles. The molecular weight excluding hydrogens is 515 g/mol. The molecule has 176 valence electrons. The number of methoxy groups -OCH3 is 1. The molecule has 0 amide bonds. The monoisotopic (exact) mass is 552 g/mol. The van der Waals surface area contributed by atoms with Gasteiger partial charge in [-0.2, -0.15) is 0 Å². The summed E-state index contributed by atoms with van der Waals surface area (Å²) in [5, 5.41) is 7.00. The van der Waals surface area contributed by atoms with E-state index in [1.54, 1.807) is 7.11 Å². The molecule has 6 nitrogen and oxygen atoms in total. The first kappa shape index (κ1) is 26.4. The van der Waals surface area contributed by atoms with Crippen molar-refractivity contribution in [2.45, 2.75) is 39.0 Å².